The molecule has 0 spiro atoms. The summed E-state index contributed by atoms with van der Waals surface area (Å²) in [7, 11) is -2.97. The number of ether oxygens (including phenoxy) is 1. The molecule has 0 aliphatic carbocycles. The third-order valence-corrected chi connectivity index (χ3v) is 3.97. The number of hydrogen-bond acceptors (Lipinski definition) is 4. The predicted octanol–water partition coefficient (Wildman–Crippen LogP) is 2.24. The Kier molecular flexibility index (Phi) is 4.48. The lowest BCUT2D eigenvalue weighted by Crippen LogP contribution is -2.05. The zero-order valence-corrected chi connectivity index (χ0v) is 12.5. The minimum absolute atomic E-state index is 0.289. The molecule has 0 unspecified atom stereocenters. The molecule has 2 rings (SSSR count). The fourth-order valence-corrected chi connectivity index (χ4v) is 2.84. The Bertz CT molecular complexity index is 793. The molecule has 2 N–H and O–H groups in total. The van der Waals surface area contributed by atoms with E-state index in [1.807, 2.05) is 0 Å². The number of benzene rings is 2. The maximum atomic E-state index is 11.6. The molecule has 116 valence electrons. The summed E-state index contributed by atoms with van der Waals surface area (Å²) in [6, 6.07) is 10.8. The number of rotatable bonds is 5. The van der Waals surface area contributed by atoms with Crippen molar-refractivity contribution in [1.82, 2.24) is 0 Å². The van der Waals surface area contributed by atoms with Gasteiger partial charge in [-0.25, -0.2) is 0 Å². The van der Waals surface area contributed by atoms with E-state index in [9.17, 15) is 17.8 Å². The number of carboxylic acid groups (broad SMARTS) is 1. The molecule has 0 bridgehead atoms. The lowest BCUT2D eigenvalue weighted by Gasteiger charge is -2.10. The van der Waals surface area contributed by atoms with Gasteiger partial charge < -0.3 is 9.84 Å². The third-order valence-electron chi connectivity index (χ3n) is 3.08. The summed E-state index contributed by atoms with van der Waals surface area (Å²) in [5.74, 6) is -0.474. The lowest BCUT2D eigenvalue weighted by molar-refractivity contribution is -0.136. The first kappa shape index (κ1) is 16.0. The molecule has 0 aliphatic rings. The van der Waals surface area contributed by atoms with Crippen LogP contribution in [0.4, 0.5) is 0 Å². The van der Waals surface area contributed by atoms with Gasteiger partial charge in [-0.3, -0.25) is 9.35 Å². The number of methoxy groups -OCH3 is 1. The van der Waals surface area contributed by atoms with Crippen LogP contribution in [-0.4, -0.2) is 31.2 Å². The highest BCUT2D eigenvalue weighted by Crippen LogP contribution is 2.29. The maximum Gasteiger partial charge on any atom is 0.307 e. The third kappa shape index (κ3) is 3.63. The quantitative estimate of drug-likeness (QED) is 0.819. The molecule has 0 saturated carbocycles. The predicted molar refractivity (Wildman–Crippen MR) is 79.6 cm³/mol. The van der Waals surface area contributed by atoms with Gasteiger partial charge >= 0.3 is 5.97 Å². The lowest BCUT2D eigenvalue weighted by atomic mass is 10.0. The van der Waals surface area contributed by atoms with Gasteiger partial charge in [0.05, 0.1) is 13.5 Å². The van der Waals surface area contributed by atoms with Gasteiger partial charge in [0.25, 0.3) is 10.1 Å². The van der Waals surface area contributed by atoms with Crippen molar-refractivity contribution in [2.45, 2.75) is 11.3 Å². The van der Waals surface area contributed by atoms with Crippen LogP contribution in [0.3, 0.4) is 0 Å². The van der Waals surface area contributed by atoms with Crippen LogP contribution in [-0.2, 0) is 21.3 Å². The molecule has 0 aromatic heterocycles. The van der Waals surface area contributed by atoms with Crippen molar-refractivity contribution in [3.05, 3.63) is 48.0 Å². The normalized spacial score (nSPS) is 11.2. The standard InChI is InChI=1S/C15H14O6S/c1-21-12-5-3-11(4-6-12)13-7-2-10(9-15(16)17)8-14(13)22(18,19)20/h2-8H,9H2,1H3,(H,16,17)(H,18,19,20). The van der Waals surface area contributed by atoms with Crippen LogP contribution < -0.4 is 4.74 Å². The van der Waals surface area contributed by atoms with Crippen molar-refractivity contribution in [2.75, 3.05) is 7.11 Å². The van der Waals surface area contributed by atoms with Crippen LogP contribution in [0.25, 0.3) is 11.1 Å². The van der Waals surface area contributed by atoms with Crippen molar-refractivity contribution in [1.29, 1.82) is 0 Å². The summed E-state index contributed by atoms with van der Waals surface area (Å²) in [6.45, 7) is 0. The van der Waals surface area contributed by atoms with E-state index in [1.54, 1.807) is 24.3 Å². The Morgan fingerprint density at radius 2 is 1.77 bits per heavy atom. The fourth-order valence-electron chi connectivity index (χ4n) is 2.07. The number of hydrogen-bond donors (Lipinski definition) is 2. The van der Waals surface area contributed by atoms with Crippen molar-refractivity contribution >= 4 is 16.1 Å². The zero-order chi connectivity index (χ0) is 16.3. The minimum Gasteiger partial charge on any atom is -0.497 e. The highest BCUT2D eigenvalue weighted by Gasteiger charge is 2.18. The second-order valence-corrected chi connectivity index (χ2v) is 5.99. The molecule has 0 radical (unpaired) electrons. The van der Waals surface area contributed by atoms with Crippen LogP contribution >= 0.6 is 0 Å². The second-order valence-electron chi connectivity index (χ2n) is 4.60. The van der Waals surface area contributed by atoms with E-state index in [-0.39, 0.29) is 16.9 Å². The van der Waals surface area contributed by atoms with E-state index in [0.29, 0.717) is 16.9 Å². The summed E-state index contributed by atoms with van der Waals surface area (Å²) in [4.78, 5) is 10.4. The maximum absolute atomic E-state index is 11.6. The molecule has 0 saturated heterocycles. The van der Waals surface area contributed by atoms with Crippen LogP contribution in [0.15, 0.2) is 47.4 Å². The molecule has 0 heterocycles. The first-order chi connectivity index (χ1) is 10.3. The zero-order valence-electron chi connectivity index (χ0n) is 11.7. The molecule has 22 heavy (non-hydrogen) atoms. The summed E-state index contributed by atoms with van der Waals surface area (Å²) >= 11 is 0. The van der Waals surface area contributed by atoms with Gasteiger partial charge in [0, 0.05) is 5.56 Å². The van der Waals surface area contributed by atoms with Crippen LogP contribution in [0.1, 0.15) is 5.56 Å². The number of carboxylic acids is 1. The minimum atomic E-state index is -4.48. The number of carbonyl (C=O) groups is 1. The summed E-state index contributed by atoms with van der Waals surface area (Å²) in [6.07, 6.45) is -0.328. The molecular weight excluding hydrogens is 308 g/mol. The van der Waals surface area contributed by atoms with E-state index in [0.717, 1.165) is 0 Å². The van der Waals surface area contributed by atoms with Crippen molar-refractivity contribution in [2.24, 2.45) is 0 Å². The molecule has 2 aromatic rings. The highest BCUT2D eigenvalue weighted by atomic mass is 32.2. The first-order valence-corrected chi connectivity index (χ1v) is 7.72. The molecular formula is C15H14O6S. The largest absolute Gasteiger partial charge is 0.497 e. The average molecular weight is 322 g/mol. The SMILES string of the molecule is COc1ccc(-c2ccc(CC(=O)O)cc2S(=O)(=O)O)cc1. The van der Waals surface area contributed by atoms with Crippen LogP contribution in [0.2, 0.25) is 0 Å². The van der Waals surface area contributed by atoms with Crippen LogP contribution in [0, 0.1) is 0 Å². The summed E-state index contributed by atoms with van der Waals surface area (Å²) < 4.78 is 37.6. The van der Waals surface area contributed by atoms with Gasteiger partial charge in [0.15, 0.2) is 0 Å². The van der Waals surface area contributed by atoms with Gasteiger partial charge in [-0.05, 0) is 29.3 Å². The second kappa shape index (κ2) is 6.17. The van der Waals surface area contributed by atoms with Gasteiger partial charge in [-0.15, -0.1) is 0 Å². The smallest absolute Gasteiger partial charge is 0.307 e. The van der Waals surface area contributed by atoms with Gasteiger partial charge in [-0.1, -0.05) is 24.3 Å². The molecule has 0 aliphatic heterocycles. The topological polar surface area (TPSA) is 101 Å². The fraction of sp³-hybridized carbons (Fsp3) is 0.133. The molecule has 0 amide bonds. The molecule has 0 atom stereocenters. The molecule has 6 nitrogen and oxygen atoms in total. The summed E-state index contributed by atoms with van der Waals surface area (Å²) in [5, 5.41) is 8.78. The Balaban J connectivity index is 2.56. The average Bonchev–Trinajstić information content (AvgIpc) is 2.46. The van der Waals surface area contributed by atoms with Gasteiger partial charge in [-0.2, -0.15) is 8.42 Å². The van der Waals surface area contributed by atoms with E-state index >= 15 is 0 Å². The van der Waals surface area contributed by atoms with Gasteiger partial charge in [0.1, 0.15) is 10.6 Å². The molecule has 7 heteroatoms. The van der Waals surface area contributed by atoms with E-state index in [1.165, 1.54) is 25.3 Å². The Morgan fingerprint density at radius 3 is 2.27 bits per heavy atom. The highest BCUT2D eigenvalue weighted by molar-refractivity contribution is 7.86. The summed E-state index contributed by atoms with van der Waals surface area (Å²) in [5.41, 5.74) is 1.15. The van der Waals surface area contributed by atoms with E-state index in [4.69, 9.17) is 9.84 Å². The molecule has 2 aromatic carbocycles. The first-order valence-electron chi connectivity index (χ1n) is 6.28. The van der Waals surface area contributed by atoms with Gasteiger partial charge in [0.2, 0.25) is 0 Å². The molecule has 0 fully saturated rings. The Hall–Kier alpha value is -2.38. The van der Waals surface area contributed by atoms with E-state index in [2.05, 4.69) is 0 Å². The number of aliphatic carboxylic acids is 1. The van der Waals surface area contributed by atoms with Crippen molar-refractivity contribution in [3.8, 4) is 16.9 Å². The van der Waals surface area contributed by atoms with Crippen LogP contribution in [0.5, 0.6) is 5.75 Å². The Labute approximate surface area is 127 Å². The van der Waals surface area contributed by atoms with Crippen molar-refractivity contribution < 1.29 is 27.6 Å². The Morgan fingerprint density at radius 1 is 1.14 bits per heavy atom. The monoisotopic (exact) mass is 322 g/mol. The van der Waals surface area contributed by atoms with E-state index < -0.39 is 16.1 Å². The van der Waals surface area contributed by atoms with Crippen molar-refractivity contribution in [3.63, 3.8) is 0 Å².